The molecule has 0 bridgehead atoms. The van der Waals surface area contributed by atoms with E-state index < -0.39 is 26.4 Å². The molecule has 1 aliphatic rings. The fourth-order valence-corrected chi connectivity index (χ4v) is 3.25. The first-order valence-corrected chi connectivity index (χ1v) is 9.52. The van der Waals surface area contributed by atoms with Gasteiger partial charge in [0.15, 0.2) is 14.5 Å². The molecule has 1 amide bonds. The lowest BCUT2D eigenvalue weighted by molar-refractivity contribution is -0.173. The zero-order valence-corrected chi connectivity index (χ0v) is 13.9. The average Bonchev–Trinajstić information content (AvgIpc) is 2.12. The van der Waals surface area contributed by atoms with Crippen LogP contribution >= 0.6 is 0 Å². The zero-order valence-electron chi connectivity index (χ0n) is 12.9. The minimum absolute atomic E-state index is 0.0818. The van der Waals surface area contributed by atoms with E-state index in [9.17, 15) is 9.59 Å². The first-order valence-electron chi connectivity index (χ1n) is 6.61. The minimum atomic E-state index is -1.93. The second-order valence-corrected chi connectivity index (χ2v) is 11.4. The van der Waals surface area contributed by atoms with Gasteiger partial charge in [0.05, 0.1) is 6.10 Å². The molecule has 3 atom stereocenters. The summed E-state index contributed by atoms with van der Waals surface area (Å²) in [6, 6.07) is 0. The smallest absolute Gasteiger partial charge is 0.304 e. The fraction of sp³-hybridized carbons (Fsp3) is 0.846. The minimum Gasteiger partial charge on any atom is -0.441 e. The third kappa shape index (κ3) is 3.57. The van der Waals surface area contributed by atoms with E-state index in [1.165, 1.54) is 6.92 Å². The Kier molecular flexibility index (Phi) is 4.46. The fourth-order valence-electron chi connectivity index (χ4n) is 1.82. The molecule has 0 aliphatic carbocycles. The summed E-state index contributed by atoms with van der Waals surface area (Å²) < 4.78 is 11.2. The lowest BCUT2D eigenvalue weighted by atomic mass is 9.93. The van der Waals surface area contributed by atoms with Crippen LogP contribution in [0.2, 0.25) is 18.1 Å². The molecule has 0 spiro atoms. The van der Waals surface area contributed by atoms with Crippen LogP contribution < -0.4 is 5.32 Å². The van der Waals surface area contributed by atoms with Gasteiger partial charge in [-0.05, 0) is 25.1 Å². The second-order valence-electron chi connectivity index (χ2n) is 6.65. The molecule has 1 rings (SSSR count). The van der Waals surface area contributed by atoms with Crippen molar-refractivity contribution in [1.82, 2.24) is 5.32 Å². The van der Waals surface area contributed by atoms with E-state index in [4.69, 9.17) is 9.16 Å². The van der Waals surface area contributed by atoms with Gasteiger partial charge >= 0.3 is 5.97 Å². The Labute approximate surface area is 116 Å². The van der Waals surface area contributed by atoms with E-state index >= 15 is 0 Å². The molecule has 19 heavy (non-hydrogen) atoms. The molecule has 0 unspecified atom stereocenters. The summed E-state index contributed by atoms with van der Waals surface area (Å²) in [7, 11) is -1.93. The lowest BCUT2D eigenvalue weighted by Gasteiger charge is -2.44. The molecule has 5 nitrogen and oxygen atoms in total. The Morgan fingerprint density at radius 2 is 1.89 bits per heavy atom. The van der Waals surface area contributed by atoms with Crippen LogP contribution in [0.5, 0.6) is 0 Å². The van der Waals surface area contributed by atoms with E-state index in [2.05, 4.69) is 39.2 Å². The highest BCUT2D eigenvalue weighted by Gasteiger charge is 2.49. The summed E-state index contributed by atoms with van der Waals surface area (Å²) in [6.07, 6.45) is -0.802. The van der Waals surface area contributed by atoms with Crippen molar-refractivity contribution in [2.45, 2.75) is 65.1 Å². The van der Waals surface area contributed by atoms with Crippen molar-refractivity contribution in [2.75, 3.05) is 0 Å². The van der Waals surface area contributed by atoms with Crippen LogP contribution in [0, 0.1) is 5.92 Å². The predicted octanol–water partition coefficient (Wildman–Crippen LogP) is 2.03. The maximum absolute atomic E-state index is 11.6. The number of ether oxygens (including phenoxy) is 1. The summed E-state index contributed by atoms with van der Waals surface area (Å²) in [4.78, 5) is 22.6. The molecule has 0 aromatic heterocycles. The van der Waals surface area contributed by atoms with Crippen molar-refractivity contribution < 1.29 is 18.8 Å². The van der Waals surface area contributed by atoms with Crippen molar-refractivity contribution in [1.29, 1.82) is 0 Å². The molecule has 1 aliphatic heterocycles. The summed E-state index contributed by atoms with van der Waals surface area (Å²) in [5, 5.41) is 2.66. The van der Waals surface area contributed by atoms with Gasteiger partial charge in [0.2, 0.25) is 5.91 Å². The maximum atomic E-state index is 11.6. The van der Waals surface area contributed by atoms with Gasteiger partial charge in [-0.3, -0.25) is 9.59 Å². The molecule has 6 heteroatoms. The topological polar surface area (TPSA) is 64.6 Å². The maximum Gasteiger partial charge on any atom is 0.304 e. The molecule has 1 heterocycles. The predicted molar refractivity (Wildman–Crippen MR) is 74.9 cm³/mol. The van der Waals surface area contributed by atoms with Crippen LogP contribution in [0.3, 0.4) is 0 Å². The highest BCUT2D eigenvalue weighted by molar-refractivity contribution is 6.74. The van der Waals surface area contributed by atoms with E-state index in [-0.39, 0.29) is 17.0 Å². The Hall–Kier alpha value is -0.883. The molecule has 1 saturated heterocycles. The van der Waals surface area contributed by atoms with Crippen molar-refractivity contribution in [3.05, 3.63) is 0 Å². The van der Waals surface area contributed by atoms with Gasteiger partial charge in [-0.2, -0.15) is 0 Å². The number of nitrogens with one attached hydrogen (secondary N) is 1. The van der Waals surface area contributed by atoms with E-state index in [1.54, 1.807) is 0 Å². The largest absolute Gasteiger partial charge is 0.441 e. The first-order chi connectivity index (χ1) is 8.45. The quantitative estimate of drug-likeness (QED) is 0.488. The molecule has 0 radical (unpaired) electrons. The number of β-lactam (4-membered cyclic amide) rings is 1. The van der Waals surface area contributed by atoms with Crippen LogP contribution in [0.25, 0.3) is 0 Å². The molecule has 0 aromatic rings. The Morgan fingerprint density at radius 1 is 1.37 bits per heavy atom. The molecular weight excluding hydrogens is 262 g/mol. The van der Waals surface area contributed by atoms with Crippen LogP contribution in [-0.2, 0) is 18.8 Å². The summed E-state index contributed by atoms with van der Waals surface area (Å²) >= 11 is 0. The monoisotopic (exact) mass is 287 g/mol. The Bertz CT molecular complexity index is 375. The number of hydrogen-bond donors (Lipinski definition) is 1. The molecular formula is C13H25NO4Si. The number of carbonyl (C=O) groups is 2. The van der Waals surface area contributed by atoms with Gasteiger partial charge in [-0.1, -0.05) is 20.8 Å². The van der Waals surface area contributed by atoms with E-state index in [1.807, 2.05) is 6.92 Å². The average molecular weight is 287 g/mol. The number of amides is 1. The van der Waals surface area contributed by atoms with Gasteiger partial charge in [0.1, 0.15) is 5.92 Å². The standard InChI is InChI=1S/C13H25NO4Si/c1-8(18-19(6,7)13(3,4)5)10-11(16)14-12(10)17-9(2)15/h8,10,12H,1-7H3,(H,14,16)/t8-,10+,12-/m0/s1. The molecule has 0 aromatic carbocycles. The zero-order chi connectivity index (χ0) is 15.0. The highest BCUT2D eigenvalue weighted by Crippen LogP contribution is 2.39. The summed E-state index contributed by atoms with van der Waals surface area (Å²) in [6.45, 7) is 13.9. The third-order valence-electron chi connectivity index (χ3n) is 4.00. The Balaban J connectivity index is 2.69. The molecule has 110 valence electrons. The van der Waals surface area contributed by atoms with Crippen LogP contribution in [0.15, 0.2) is 0 Å². The van der Waals surface area contributed by atoms with E-state index in [0.717, 1.165) is 0 Å². The molecule has 1 fully saturated rings. The van der Waals surface area contributed by atoms with Crippen molar-refractivity contribution in [3.63, 3.8) is 0 Å². The lowest BCUT2D eigenvalue weighted by Crippen LogP contribution is -2.65. The van der Waals surface area contributed by atoms with Gasteiger partial charge in [0.25, 0.3) is 0 Å². The van der Waals surface area contributed by atoms with Crippen LogP contribution in [0.4, 0.5) is 0 Å². The van der Waals surface area contributed by atoms with Crippen LogP contribution in [0.1, 0.15) is 34.6 Å². The number of esters is 1. The SMILES string of the molecule is CC(=O)O[C@@H]1NC(=O)[C@H]1[C@H](C)O[Si](C)(C)C(C)(C)C. The van der Waals surface area contributed by atoms with Crippen molar-refractivity contribution >= 4 is 20.2 Å². The van der Waals surface area contributed by atoms with E-state index in [0.29, 0.717) is 0 Å². The normalized spacial score (nSPS) is 25.3. The van der Waals surface area contributed by atoms with Crippen LogP contribution in [-0.4, -0.2) is 32.5 Å². The van der Waals surface area contributed by atoms with Gasteiger partial charge < -0.3 is 14.5 Å². The first kappa shape index (κ1) is 16.2. The summed E-state index contributed by atoms with van der Waals surface area (Å²) in [5.74, 6) is -0.912. The van der Waals surface area contributed by atoms with Gasteiger partial charge in [0, 0.05) is 6.92 Å². The second kappa shape index (κ2) is 5.24. The van der Waals surface area contributed by atoms with Gasteiger partial charge in [-0.25, -0.2) is 0 Å². The number of rotatable bonds is 4. The highest BCUT2D eigenvalue weighted by atomic mass is 28.4. The van der Waals surface area contributed by atoms with Crippen molar-refractivity contribution in [3.8, 4) is 0 Å². The van der Waals surface area contributed by atoms with Crippen molar-refractivity contribution in [2.24, 2.45) is 5.92 Å². The third-order valence-corrected chi connectivity index (χ3v) is 8.57. The summed E-state index contributed by atoms with van der Waals surface area (Å²) in [5.41, 5.74) is 0. The molecule has 1 N–H and O–H groups in total. The van der Waals surface area contributed by atoms with Gasteiger partial charge in [-0.15, -0.1) is 0 Å². The Morgan fingerprint density at radius 3 is 2.26 bits per heavy atom. The number of hydrogen-bond acceptors (Lipinski definition) is 4. The molecule has 0 saturated carbocycles. The number of carbonyl (C=O) groups excluding carboxylic acids is 2.